The number of ketones is 2. The summed E-state index contributed by atoms with van der Waals surface area (Å²) in [5.74, 6) is -1.06. The number of allylic oxidation sites excluding steroid dienone is 2. The second-order valence-electron chi connectivity index (χ2n) is 11.9. The quantitative estimate of drug-likeness (QED) is 0.172. The monoisotopic (exact) mass is 650 g/mol. The summed E-state index contributed by atoms with van der Waals surface area (Å²) in [7, 11) is 0. The first-order chi connectivity index (χ1) is 22.7. The van der Waals surface area contributed by atoms with Crippen LogP contribution in [0.3, 0.4) is 0 Å². The summed E-state index contributed by atoms with van der Waals surface area (Å²) in [5.41, 5.74) is 4.87. The van der Waals surface area contributed by atoms with Crippen molar-refractivity contribution >= 4 is 63.0 Å². The van der Waals surface area contributed by atoms with Crippen LogP contribution in [0.2, 0.25) is 5.02 Å². The summed E-state index contributed by atoms with van der Waals surface area (Å²) < 4.78 is 5.62. The van der Waals surface area contributed by atoms with E-state index < -0.39 is 5.97 Å². The number of amides is 1. The number of likely N-dealkylation sites (tertiary alicyclic amines) is 1. The van der Waals surface area contributed by atoms with E-state index in [0.29, 0.717) is 50.8 Å². The number of carbonyl (C=O) groups is 4. The van der Waals surface area contributed by atoms with Gasteiger partial charge in [0, 0.05) is 62.4 Å². The molecule has 0 bridgehead atoms. The Hall–Kier alpha value is -4.86. The van der Waals surface area contributed by atoms with E-state index in [1.807, 2.05) is 24.3 Å². The Labute approximate surface area is 278 Å². The molecular formula is C37H35ClN4O5. The highest BCUT2D eigenvalue weighted by atomic mass is 35.5. The molecule has 1 fully saturated rings. The first-order valence-electron chi connectivity index (χ1n) is 15.8. The zero-order valence-corrected chi connectivity index (χ0v) is 26.9. The number of hydrogen-bond acceptors (Lipinski definition) is 8. The minimum absolute atomic E-state index is 0.0518. The van der Waals surface area contributed by atoms with Gasteiger partial charge >= 0.3 is 5.97 Å². The molecule has 240 valence electrons. The Bertz CT molecular complexity index is 1910. The third kappa shape index (κ3) is 7.59. The highest BCUT2D eigenvalue weighted by molar-refractivity contribution is 6.31. The summed E-state index contributed by atoms with van der Waals surface area (Å²) in [6.07, 6.45) is 5.08. The highest BCUT2D eigenvalue weighted by Gasteiger charge is 2.29. The predicted molar refractivity (Wildman–Crippen MR) is 182 cm³/mol. The van der Waals surface area contributed by atoms with Crippen molar-refractivity contribution in [2.24, 2.45) is 0 Å². The molecule has 4 aromatic rings. The van der Waals surface area contributed by atoms with Gasteiger partial charge in [0.1, 0.15) is 6.61 Å². The van der Waals surface area contributed by atoms with E-state index in [0.717, 1.165) is 42.5 Å². The van der Waals surface area contributed by atoms with Crippen LogP contribution in [0.25, 0.3) is 10.9 Å². The average molecular weight is 651 g/mol. The lowest BCUT2D eigenvalue weighted by atomic mass is 9.83. The Morgan fingerprint density at radius 2 is 1.66 bits per heavy atom. The van der Waals surface area contributed by atoms with Gasteiger partial charge in [-0.15, -0.1) is 0 Å². The molecule has 3 aromatic carbocycles. The van der Waals surface area contributed by atoms with Crippen LogP contribution in [0.5, 0.6) is 0 Å². The first-order valence-corrected chi connectivity index (χ1v) is 16.1. The van der Waals surface area contributed by atoms with Crippen LogP contribution in [-0.4, -0.2) is 53.0 Å². The number of nitrogens with one attached hydrogen (secondary N) is 2. The average Bonchev–Trinajstić information content (AvgIpc) is 3.06. The third-order valence-electron chi connectivity index (χ3n) is 8.54. The van der Waals surface area contributed by atoms with E-state index in [1.54, 1.807) is 55.6 Å². The van der Waals surface area contributed by atoms with Gasteiger partial charge in [-0.1, -0.05) is 42.3 Å². The van der Waals surface area contributed by atoms with Crippen LogP contribution in [0.15, 0.2) is 84.1 Å². The number of anilines is 3. The summed E-state index contributed by atoms with van der Waals surface area (Å²) in [6.45, 7) is 3.68. The summed E-state index contributed by atoms with van der Waals surface area (Å²) in [6, 6.07) is 19.5. The largest absolute Gasteiger partial charge is 0.461 e. The molecule has 47 heavy (non-hydrogen) atoms. The van der Waals surface area contributed by atoms with Crippen molar-refractivity contribution in [3.05, 3.63) is 106 Å². The standard InChI is InChI=1S/C37H35ClN4O5/c1-23-28(37(46)30-8-4-3-7-29(30)36(23)45)11-12-35(44)47-22-24-17-26(40-32-13-14-39-33-19-25(38)9-10-31(32)33)20-27(18-24)41-34(43)21-42-15-5-2-6-16-42/h3-4,7-10,13-14,17-20H,2,5-6,11-12,15-16,21-22H2,1H3,(H,39,40)(H,41,43). The zero-order valence-electron chi connectivity index (χ0n) is 26.1. The minimum Gasteiger partial charge on any atom is -0.461 e. The second kappa shape index (κ2) is 14.3. The van der Waals surface area contributed by atoms with Crippen LogP contribution in [0.1, 0.15) is 65.3 Å². The number of nitrogens with zero attached hydrogens (tertiary/aromatic N) is 2. The number of esters is 1. The van der Waals surface area contributed by atoms with Gasteiger partial charge < -0.3 is 15.4 Å². The van der Waals surface area contributed by atoms with Crippen molar-refractivity contribution in [3.8, 4) is 0 Å². The molecule has 2 aliphatic rings. The molecule has 0 radical (unpaired) electrons. The summed E-state index contributed by atoms with van der Waals surface area (Å²) >= 11 is 6.18. The lowest BCUT2D eigenvalue weighted by Crippen LogP contribution is -2.36. The summed E-state index contributed by atoms with van der Waals surface area (Å²) in [4.78, 5) is 58.3. The highest BCUT2D eigenvalue weighted by Crippen LogP contribution is 2.31. The number of Topliss-reactive ketones (excluding diaryl/α,β-unsaturated/α-hetero) is 2. The fraction of sp³-hybridized carbons (Fsp3) is 0.270. The van der Waals surface area contributed by atoms with Crippen LogP contribution < -0.4 is 10.6 Å². The van der Waals surface area contributed by atoms with Crippen molar-refractivity contribution in [3.63, 3.8) is 0 Å². The molecule has 10 heteroatoms. The van der Waals surface area contributed by atoms with E-state index in [-0.39, 0.29) is 36.9 Å². The number of aromatic nitrogens is 1. The summed E-state index contributed by atoms with van der Waals surface area (Å²) in [5, 5.41) is 7.88. The lowest BCUT2D eigenvalue weighted by Gasteiger charge is -2.25. The van der Waals surface area contributed by atoms with Crippen LogP contribution in [0.4, 0.5) is 17.1 Å². The van der Waals surface area contributed by atoms with E-state index in [4.69, 9.17) is 16.3 Å². The van der Waals surface area contributed by atoms with Crippen LogP contribution in [-0.2, 0) is 20.9 Å². The number of pyridine rings is 1. The van der Waals surface area contributed by atoms with Gasteiger partial charge in [0.15, 0.2) is 11.6 Å². The fourth-order valence-corrected chi connectivity index (χ4v) is 6.31. The molecule has 0 unspecified atom stereocenters. The molecule has 2 N–H and O–H groups in total. The SMILES string of the molecule is CC1=C(CCC(=O)OCc2cc(NC(=O)CN3CCCCC3)cc(Nc3ccnc4cc(Cl)ccc34)c2)C(=O)c2ccccc2C1=O. The predicted octanol–water partition coefficient (Wildman–Crippen LogP) is 7.28. The van der Waals surface area contributed by atoms with Gasteiger partial charge in [-0.25, -0.2) is 0 Å². The first kappa shape index (κ1) is 32.1. The number of piperidine rings is 1. The van der Waals surface area contributed by atoms with Crippen molar-refractivity contribution in [1.82, 2.24) is 9.88 Å². The molecule has 1 aliphatic heterocycles. The van der Waals surface area contributed by atoms with Gasteiger partial charge in [-0.2, -0.15) is 0 Å². The lowest BCUT2D eigenvalue weighted by molar-refractivity contribution is -0.144. The van der Waals surface area contributed by atoms with Gasteiger partial charge in [-0.3, -0.25) is 29.1 Å². The minimum atomic E-state index is -0.504. The molecule has 1 amide bonds. The third-order valence-corrected chi connectivity index (χ3v) is 8.77. The van der Waals surface area contributed by atoms with Gasteiger partial charge in [0.05, 0.1) is 12.1 Å². The second-order valence-corrected chi connectivity index (χ2v) is 12.4. The number of carbonyl (C=O) groups excluding carboxylic acids is 4. The van der Waals surface area contributed by atoms with Crippen molar-refractivity contribution in [2.45, 2.75) is 45.6 Å². The normalized spacial score (nSPS) is 15.0. The Morgan fingerprint density at radius 3 is 2.45 bits per heavy atom. The molecule has 0 saturated carbocycles. The van der Waals surface area contributed by atoms with E-state index in [1.165, 1.54) is 6.42 Å². The Kier molecular flexibility index (Phi) is 9.75. The van der Waals surface area contributed by atoms with Crippen molar-refractivity contribution < 1.29 is 23.9 Å². The maximum absolute atomic E-state index is 13.1. The molecule has 2 heterocycles. The molecule has 1 aliphatic carbocycles. The number of fused-ring (bicyclic) bond motifs is 2. The Balaban J connectivity index is 1.17. The molecule has 6 rings (SSSR count). The van der Waals surface area contributed by atoms with Gasteiger partial charge in [-0.05, 0) is 87.3 Å². The molecule has 1 aromatic heterocycles. The van der Waals surface area contributed by atoms with E-state index in [9.17, 15) is 19.2 Å². The number of halogens is 1. The number of rotatable bonds is 10. The van der Waals surface area contributed by atoms with Crippen LogP contribution in [0, 0.1) is 0 Å². The smallest absolute Gasteiger partial charge is 0.306 e. The van der Waals surface area contributed by atoms with E-state index in [2.05, 4.69) is 20.5 Å². The van der Waals surface area contributed by atoms with Gasteiger partial charge in [0.25, 0.3) is 0 Å². The molecule has 0 spiro atoms. The number of benzene rings is 3. The van der Waals surface area contributed by atoms with Gasteiger partial charge in [0.2, 0.25) is 5.91 Å². The maximum atomic E-state index is 13.1. The fourth-order valence-electron chi connectivity index (χ4n) is 6.14. The van der Waals surface area contributed by atoms with Crippen molar-refractivity contribution in [2.75, 3.05) is 30.3 Å². The zero-order chi connectivity index (χ0) is 32.9. The van der Waals surface area contributed by atoms with Crippen LogP contribution >= 0.6 is 11.6 Å². The molecular weight excluding hydrogens is 616 g/mol. The maximum Gasteiger partial charge on any atom is 0.306 e. The molecule has 9 nitrogen and oxygen atoms in total. The number of ether oxygens (including phenoxy) is 1. The topological polar surface area (TPSA) is 118 Å². The van der Waals surface area contributed by atoms with Crippen molar-refractivity contribution in [1.29, 1.82) is 0 Å². The Morgan fingerprint density at radius 1 is 0.915 bits per heavy atom. The van der Waals surface area contributed by atoms with E-state index >= 15 is 0 Å². The molecule has 0 atom stereocenters. The number of hydrogen-bond donors (Lipinski definition) is 2. The molecule has 1 saturated heterocycles.